The molecular weight excluding hydrogens is 448 g/mol. The number of amides is 1. The Kier molecular flexibility index (Phi) is 8.34. The summed E-state index contributed by atoms with van der Waals surface area (Å²) in [7, 11) is -2.64. The number of benzene rings is 3. The van der Waals surface area contributed by atoms with Crippen LogP contribution in [0.4, 0.5) is 5.69 Å². The van der Waals surface area contributed by atoms with Gasteiger partial charge >= 0.3 is 0 Å². The molecule has 1 amide bonds. The van der Waals surface area contributed by atoms with Crippen molar-refractivity contribution in [3.8, 4) is 5.75 Å². The minimum atomic E-state index is -4.07. The van der Waals surface area contributed by atoms with E-state index in [1.807, 2.05) is 51.1 Å². The third kappa shape index (κ3) is 6.38. The van der Waals surface area contributed by atoms with E-state index < -0.39 is 10.0 Å². The average molecular weight is 481 g/mol. The number of hydrogen-bond acceptors (Lipinski definition) is 4. The normalized spacial score (nSPS) is 12.1. The van der Waals surface area contributed by atoms with Crippen LogP contribution in [0, 0.1) is 13.8 Å². The Hall–Kier alpha value is -3.32. The number of carbonyl (C=O) groups is 1. The zero-order chi connectivity index (χ0) is 24.7. The van der Waals surface area contributed by atoms with Crippen molar-refractivity contribution in [1.82, 2.24) is 5.32 Å². The van der Waals surface area contributed by atoms with Crippen molar-refractivity contribution in [2.45, 2.75) is 44.6 Å². The number of hydrogen-bond donors (Lipinski definition) is 1. The van der Waals surface area contributed by atoms with Crippen LogP contribution in [0.1, 0.15) is 30.0 Å². The van der Waals surface area contributed by atoms with Gasteiger partial charge in [0.05, 0.1) is 12.8 Å². The summed E-state index contributed by atoms with van der Waals surface area (Å²) < 4.78 is 34.0. The van der Waals surface area contributed by atoms with E-state index in [0.717, 1.165) is 28.3 Å². The van der Waals surface area contributed by atoms with Crippen LogP contribution in [-0.2, 0) is 21.2 Å². The van der Waals surface area contributed by atoms with E-state index >= 15 is 0 Å². The first-order valence-electron chi connectivity index (χ1n) is 11.3. The van der Waals surface area contributed by atoms with Crippen LogP contribution in [0.15, 0.2) is 77.7 Å². The third-order valence-electron chi connectivity index (χ3n) is 5.61. The predicted molar refractivity (Wildman–Crippen MR) is 136 cm³/mol. The number of methoxy groups -OCH3 is 1. The highest BCUT2D eigenvalue weighted by atomic mass is 32.2. The molecule has 0 fully saturated rings. The Bertz CT molecular complexity index is 1210. The standard InChI is InChI=1S/C27H32N2O4S/c1-20-10-15-24(16-11-20)29(34(31,32)26-18-21(2)12-17-25(26)33-4)19-27(30)28-22(3)13-14-23-8-6-5-7-9-23/h5-12,15-18,22H,13-14,19H2,1-4H3,(H,28,30)/t22-/m0/s1. The van der Waals surface area contributed by atoms with Gasteiger partial charge in [-0.05, 0) is 69.0 Å². The second-order valence-electron chi connectivity index (χ2n) is 8.49. The second-order valence-corrected chi connectivity index (χ2v) is 10.3. The Morgan fingerprint density at radius 1 is 0.971 bits per heavy atom. The molecule has 0 aliphatic carbocycles. The van der Waals surface area contributed by atoms with Gasteiger partial charge in [0, 0.05) is 6.04 Å². The molecule has 0 heterocycles. The highest BCUT2D eigenvalue weighted by molar-refractivity contribution is 7.93. The van der Waals surface area contributed by atoms with Crippen LogP contribution < -0.4 is 14.4 Å². The maximum absolute atomic E-state index is 13.7. The molecule has 1 N–H and O–H groups in total. The summed E-state index contributed by atoms with van der Waals surface area (Å²) in [5.41, 5.74) is 3.38. The van der Waals surface area contributed by atoms with Crippen molar-refractivity contribution in [1.29, 1.82) is 0 Å². The van der Waals surface area contributed by atoms with E-state index in [2.05, 4.69) is 17.4 Å². The number of aryl methyl sites for hydroxylation is 3. The summed E-state index contributed by atoms with van der Waals surface area (Å²) in [5.74, 6) is -0.129. The molecule has 180 valence electrons. The summed E-state index contributed by atoms with van der Waals surface area (Å²) in [6, 6.07) is 22.0. The molecule has 0 spiro atoms. The van der Waals surface area contributed by atoms with Gasteiger partial charge in [-0.15, -0.1) is 0 Å². The van der Waals surface area contributed by atoms with E-state index in [1.165, 1.54) is 12.7 Å². The quantitative estimate of drug-likeness (QED) is 0.459. The van der Waals surface area contributed by atoms with Crippen molar-refractivity contribution in [2.75, 3.05) is 18.0 Å². The molecular formula is C27H32N2O4S. The molecule has 0 radical (unpaired) electrons. The number of nitrogens with one attached hydrogen (secondary N) is 1. The molecule has 3 aromatic carbocycles. The fourth-order valence-electron chi connectivity index (χ4n) is 3.68. The Morgan fingerprint density at radius 2 is 1.62 bits per heavy atom. The van der Waals surface area contributed by atoms with Gasteiger partial charge < -0.3 is 10.1 Å². The first kappa shape index (κ1) is 25.3. The summed E-state index contributed by atoms with van der Waals surface area (Å²) in [6.07, 6.45) is 1.57. The molecule has 0 aliphatic rings. The van der Waals surface area contributed by atoms with Crippen molar-refractivity contribution < 1.29 is 17.9 Å². The van der Waals surface area contributed by atoms with Gasteiger partial charge in [0.2, 0.25) is 5.91 Å². The molecule has 34 heavy (non-hydrogen) atoms. The number of ether oxygens (including phenoxy) is 1. The highest BCUT2D eigenvalue weighted by Gasteiger charge is 2.30. The minimum absolute atomic E-state index is 0.0282. The lowest BCUT2D eigenvalue weighted by Gasteiger charge is -2.26. The molecule has 0 saturated carbocycles. The van der Waals surface area contributed by atoms with Crippen LogP contribution in [0.5, 0.6) is 5.75 Å². The van der Waals surface area contributed by atoms with Gasteiger partial charge in [0.15, 0.2) is 0 Å². The average Bonchev–Trinajstić information content (AvgIpc) is 2.82. The van der Waals surface area contributed by atoms with Gasteiger partial charge in [-0.1, -0.05) is 54.1 Å². The molecule has 0 unspecified atom stereocenters. The van der Waals surface area contributed by atoms with E-state index in [4.69, 9.17) is 4.74 Å². The molecule has 3 rings (SSSR count). The molecule has 6 nitrogen and oxygen atoms in total. The van der Waals surface area contributed by atoms with E-state index in [-0.39, 0.29) is 29.1 Å². The first-order valence-corrected chi connectivity index (χ1v) is 12.7. The van der Waals surface area contributed by atoms with Crippen molar-refractivity contribution in [2.24, 2.45) is 0 Å². The summed E-state index contributed by atoms with van der Waals surface area (Å²) in [4.78, 5) is 13.0. The number of nitrogens with zero attached hydrogens (tertiary/aromatic N) is 1. The molecule has 1 atom stereocenters. The van der Waals surface area contributed by atoms with Gasteiger partial charge in [-0.2, -0.15) is 0 Å². The zero-order valence-electron chi connectivity index (χ0n) is 20.1. The zero-order valence-corrected chi connectivity index (χ0v) is 20.9. The summed E-state index contributed by atoms with van der Waals surface area (Å²) in [5, 5.41) is 2.95. The topological polar surface area (TPSA) is 75.7 Å². The molecule has 0 bridgehead atoms. The SMILES string of the molecule is COc1ccc(C)cc1S(=O)(=O)N(CC(=O)N[C@@H](C)CCc1ccccc1)c1ccc(C)cc1. The lowest BCUT2D eigenvalue weighted by Crippen LogP contribution is -2.43. The monoisotopic (exact) mass is 480 g/mol. The second kappa shape index (κ2) is 11.2. The molecule has 0 saturated heterocycles. The van der Waals surface area contributed by atoms with Gasteiger partial charge in [-0.25, -0.2) is 8.42 Å². The summed E-state index contributed by atoms with van der Waals surface area (Å²) >= 11 is 0. The highest BCUT2D eigenvalue weighted by Crippen LogP contribution is 2.31. The Balaban J connectivity index is 1.83. The Labute approximate surface area is 202 Å². The van der Waals surface area contributed by atoms with Crippen LogP contribution in [-0.4, -0.2) is 34.0 Å². The smallest absolute Gasteiger partial charge is 0.268 e. The maximum Gasteiger partial charge on any atom is 0.268 e. The van der Waals surface area contributed by atoms with Crippen LogP contribution in [0.2, 0.25) is 0 Å². The van der Waals surface area contributed by atoms with E-state index in [1.54, 1.807) is 30.3 Å². The van der Waals surface area contributed by atoms with Gasteiger partial charge in [0.25, 0.3) is 10.0 Å². The fraction of sp³-hybridized carbons (Fsp3) is 0.296. The number of sulfonamides is 1. The maximum atomic E-state index is 13.7. The number of carbonyl (C=O) groups excluding carboxylic acids is 1. The van der Waals surface area contributed by atoms with E-state index in [0.29, 0.717) is 5.69 Å². The number of rotatable bonds is 10. The van der Waals surface area contributed by atoms with Crippen LogP contribution in [0.3, 0.4) is 0 Å². The lowest BCUT2D eigenvalue weighted by molar-refractivity contribution is -0.120. The minimum Gasteiger partial charge on any atom is -0.495 e. The van der Waals surface area contributed by atoms with Gasteiger partial charge in [-0.3, -0.25) is 9.10 Å². The molecule has 0 aromatic heterocycles. The number of anilines is 1. The van der Waals surface area contributed by atoms with Gasteiger partial charge in [0.1, 0.15) is 17.2 Å². The first-order chi connectivity index (χ1) is 16.2. The largest absolute Gasteiger partial charge is 0.495 e. The summed E-state index contributed by atoms with van der Waals surface area (Å²) in [6.45, 7) is 5.33. The fourth-order valence-corrected chi connectivity index (χ4v) is 5.35. The van der Waals surface area contributed by atoms with Crippen LogP contribution >= 0.6 is 0 Å². The van der Waals surface area contributed by atoms with Crippen molar-refractivity contribution in [3.05, 3.63) is 89.5 Å². The third-order valence-corrected chi connectivity index (χ3v) is 7.41. The predicted octanol–water partition coefficient (Wildman–Crippen LogP) is 4.64. The van der Waals surface area contributed by atoms with Crippen LogP contribution in [0.25, 0.3) is 0 Å². The lowest BCUT2D eigenvalue weighted by atomic mass is 10.1. The Morgan fingerprint density at radius 3 is 2.26 bits per heavy atom. The molecule has 0 aliphatic heterocycles. The van der Waals surface area contributed by atoms with Crippen molar-refractivity contribution >= 4 is 21.6 Å². The van der Waals surface area contributed by atoms with Crippen molar-refractivity contribution in [3.63, 3.8) is 0 Å². The molecule has 7 heteroatoms. The molecule has 3 aromatic rings. The van der Waals surface area contributed by atoms with E-state index in [9.17, 15) is 13.2 Å².